The molecule has 0 amide bonds. The first-order chi connectivity index (χ1) is 10.1. The lowest BCUT2D eigenvalue weighted by atomic mass is 10.1. The van der Waals surface area contributed by atoms with Crippen molar-refractivity contribution in [1.29, 1.82) is 0 Å². The van der Waals surface area contributed by atoms with Crippen LogP contribution in [0, 0.1) is 0 Å². The maximum Gasteiger partial charge on any atom is 0.333 e. The Morgan fingerprint density at radius 1 is 0.714 bits per heavy atom. The Bertz CT molecular complexity index is 522. The van der Waals surface area contributed by atoms with Gasteiger partial charge in [0.15, 0.2) is 0 Å². The molecule has 0 aromatic carbocycles. The molecular formula is C15H27N3O3. The summed E-state index contributed by atoms with van der Waals surface area (Å²) in [5.41, 5.74) is -2.00. The van der Waals surface area contributed by atoms with Gasteiger partial charge in [0.25, 0.3) is 0 Å². The average molecular weight is 297 g/mol. The molecule has 1 aromatic rings. The van der Waals surface area contributed by atoms with Crippen LogP contribution in [0.1, 0.15) is 71.1 Å². The van der Waals surface area contributed by atoms with Crippen molar-refractivity contribution in [3.63, 3.8) is 0 Å². The van der Waals surface area contributed by atoms with Gasteiger partial charge in [0.2, 0.25) is 0 Å². The smallest absolute Gasteiger partial charge is 0.259 e. The number of hydrogen-bond donors (Lipinski definition) is 2. The van der Waals surface area contributed by atoms with Crippen molar-refractivity contribution < 1.29 is 0 Å². The van der Waals surface area contributed by atoms with Gasteiger partial charge in [0, 0.05) is 6.54 Å². The fourth-order valence-corrected chi connectivity index (χ4v) is 2.41. The van der Waals surface area contributed by atoms with Gasteiger partial charge in [-0.3, -0.25) is 9.97 Å². The van der Waals surface area contributed by atoms with Crippen molar-refractivity contribution >= 4 is 0 Å². The predicted molar refractivity (Wildman–Crippen MR) is 83.8 cm³/mol. The van der Waals surface area contributed by atoms with E-state index >= 15 is 0 Å². The molecule has 6 heteroatoms. The Labute approximate surface area is 124 Å². The number of aromatic amines is 2. The fraction of sp³-hybridized carbons (Fsp3) is 0.800. The molecule has 120 valence electrons. The molecule has 0 aliphatic heterocycles. The van der Waals surface area contributed by atoms with Gasteiger partial charge in [-0.05, 0) is 6.42 Å². The Morgan fingerprint density at radius 3 is 1.62 bits per heavy atom. The summed E-state index contributed by atoms with van der Waals surface area (Å²) in [7, 11) is 0. The molecule has 0 bridgehead atoms. The summed E-state index contributed by atoms with van der Waals surface area (Å²) in [6.45, 7) is 2.58. The first-order valence-electron chi connectivity index (χ1n) is 8.08. The second kappa shape index (κ2) is 10.2. The van der Waals surface area contributed by atoms with Gasteiger partial charge in [-0.2, -0.15) is 0 Å². The number of aromatic nitrogens is 3. The summed E-state index contributed by atoms with van der Waals surface area (Å²) < 4.78 is 1.05. The zero-order chi connectivity index (χ0) is 15.5. The van der Waals surface area contributed by atoms with Crippen LogP contribution < -0.4 is 17.1 Å². The lowest BCUT2D eigenvalue weighted by molar-refractivity contribution is 0.512. The molecule has 0 unspecified atom stereocenters. The van der Waals surface area contributed by atoms with E-state index in [1.807, 2.05) is 0 Å². The van der Waals surface area contributed by atoms with Crippen molar-refractivity contribution in [2.75, 3.05) is 0 Å². The number of nitrogens with zero attached hydrogens (tertiary/aromatic N) is 1. The fourth-order valence-electron chi connectivity index (χ4n) is 2.41. The predicted octanol–water partition coefficient (Wildman–Crippen LogP) is 2.15. The molecule has 1 heterocycles. The number of unbranched alkanes of at least 4 members (excludes halogenated alkanes) is 9. The lowest BCUT2D eigenvalue weighted by Gasteiger charge is -2.04. The summed E-state index contributed by atoms with van der Waals surface area (Å²) in [4.78, 5) is 37.9. The van der Waals surface area contributed by atoms with Crippen molar-refractivity contribution in [3.8, 4) is 0 Å². The van der Waals surface area contributed by atoms with Gasteiger partial charge in [-0.15, -0.1) is 0 Å². The Hall–Kier alpha value is -1.59. The maximum atomic E-state index is 11.4. The minimum Gasteiger partial charge on any atom is -0.259 e. The van der Waals surface area contributed by atoms with E-state index in [-0.39, 0.29) is 0 Å². The third kappa shape index (κ3) is 7.11. The summed E-state index contributed by atoms with van der Waals surface area (Å²) in [6, 6.07) is 0. The molecule has 0 saturated carbocycles. The second-order valence-corrected chi connectivity index (χ2v) is 5.52. The van der Waals surface area contributed by atoms with E-state index in [1.54, 1.807) is 0 Å². The number of rotatable bonds is 11. The summed E-state index contributed by atoms with van der Waals surface area (Å²) in [6.07, 6.45) is 12.0. The number of nitrogens with one attached hydrogen (secondary N) is 2. The van der Waals surface area contributed by atoms with Crippen LogP contribution >= 0.6 is 0 Å². The Kier molecular flexibility index (Phi) is 8.47. The first kappa shape index (κ1) is 17.5. The third-order valence-electron chi connectivity index (χ3n) is 3.67. The molecule has 1 rings (SSSR count). The first-order valence-corrected chi connectivity index (χ1v) is 8.08. The molecule has 0 aliphatic carbocycles. The third-order valence-corrected chi connectivity index (χ3v) is 3.67. The average Bonchev–Trinajstić information content (AvgIpc) is 2.43. The highest BCUT2D eigenvalue weighted by Gasteiger charge is 2.02. The second-order valence-electron chi connectivity index (χ2n) is 5.52. The molecule has 0 fully saturated rings. The van der Waals surface area contributed by atoms with Crippen LogP contribution in [-0.2, 0) is 6.54 Å². The summed E-state index contributed by atoms with van der Waals surface area (Å²) in [5, 5.41) is 0. The number of hydrogen-bond acceptors (Lipinski definition) is 3. The van der Waals surface area contributed by atoms with Crippen LogP contribution in [0.15, 0.2) is 14.4 Å². The van der Waals surface area contributed by atoms with E-state index < -0.39 is 17.1 Å². The van der Waals surface area contributed by atoms with E-state index in [9.17, 15) is 14.4 Å². The minimum atomic E-state index is -0.746. The van der Waals surface area contributed by atoms with Crippen LogP contribution in [0.2, 0.25) is 0 Å². The van der Waals surface area contributed by atoms with E-state index in [4.69, 9.17) is 0 Å². The van der Waals surface area contributed by atoms with E-state index in [1.165, 1.54) is 44.9 Å². The lowest BCUT2D eigenvalue weighted by Crippen LogP contribution is -2.43. The SMILES string of the molecule is CCCCCCCCCCCCn1c(=O)[nH]c(=O)[nH]c1=O. The highest BCUT2D eigenvalue weighted by atomic mass is 16.2. The van der Waals surface area contributed by atoms with Crippen LogP contribution in [0.3, 0.4) is 0 Å². The van der Waals surface area contributed by atoms with E-state index in [2.05, 4.69) is 16.9 Å². The van der Waals surface area contributed by atoms with Crippen molar-refractivity contribution in [2.24, 2.45) is 0 Å². The van der Waals surface area contributed by atoms with Gasteiger partial charge < -0.3 is 0 Å². The van der Waals surface area contributed by atoms with Gasteiger partial charge in [0.1, 0.15) is 0 Å². The van der Waals surface area contributed by atoms with Crippen molar-refractivity contribution in [1.82, 2.24) is 14.5 Å². The zero-order valence-corrected chi connectivity index (χ0v) is 13.0. The molecule has 2 N–H and O–H groups in total. The molecular weight excluding hydrogens is 270 g/mol. The molecule has 0 spiro atoms. The van der Waals surface area contributed by atoms with Crippen LogP contribution in [0.4, 0.5) is 0 Å². The summed E-state index contributed by atoms with van der Waals surface area (Å²) >= 11 is 0. The van der Waals surface area contributed by atoms with E-state index in [0.29, 0.717) is 6.54 Å². The van der Waals surface area contributed by atoms with Crippen molar-refractivity contribution in [2.45, 2.75) is 77.7 Å². The monoisotopic (exact) mass is 297 g/mol. The largest absolute Gasteiger partial charge is 0.333 e. The van der Waals surface area contributed by atoms with Crippen LogP contribution in [-0.4, -0.2) is 14.5 Å². The maximum absolute atomic E-state index is 11.4. The zero-order valence-electron chi connectivity index (χ0n) is 13.0. The number of H-pyrrole nitrogens is 2. The summed E-state index contributed by atoms with van der Waals surface area (Å²) in [5.74, 6) is 0. The highest BCUT2D eigenvalue weighted by molar-refractivity contribution is 4.68. The molecule has 0 atom stereocenters. The highest BCUT2D eigenvalue weighted by Crippen LogP contribution is 2.10. The van der Waals surface area contributed by atoms with Gasteiger partial charge >= 0.3 is 17.1 Å². The molecule has 0 radical (unpaired) electrons. The van der Waals surface area contributed by atoms with Crippen molar-refractivity contribution in [3.05, 3.63) is 31.5 Å². The molecule has 21 heavy (non-hydrogen) atoms. The van der Waals surface area contributed by atoms with Gasteiger partial charge in [-0.1, -0.05) is 64.7 Å². The van der Waals surface area contributed by atoms with Crippen LogP contribution in [0.5, 0.6) is 0 Å². The quantitative estimate of drug-likeness (QED) is 0.613. The molecule has 1 aromatic heterocycles. The van der Waals surface area contributed by atoms with E-state index in [0.717, 1.165) is 23.8 Å². The molecule has 0 saturated heterocycles. The van der Waals surface area contributed by atoms with Gasteiger partial charge in [0.05, 0.1) is 0 Å². The molecule has 6 nitrogen and oxygen atoms in total. The van der Waals surface area contributed by atoms with Gasteiger partial charge in [-0.25, -0.2) is 19.0 Å². The minimum absolute atomic E-state index is 0.363. The topological polar surface area (TPSA) is 87.7 Å². The Balaban J connectivity index is 2.11. The molecule has 0 aliphatic rings. The standard InChI is InChI=1S/C15H27N3O3/c1-2-3-4-5-6-7-8-9-10-11-12-18-14(20)16-13(19)17-15(18)21/h2-12H2,1H3,(H2,16,17,19,20,21). The normalized spacial score (nSPS) is 10.9. The Morgan fingerprint density at radius 2 is 1.14 bits per heavy atom. The van der Waals surface area contributed by atoms with Crippen LogP contribution in [0.25, 0.3) is 0 Å².